The summed E-state index contributed by atoms with van der Waals surface area (Å²) in [6.07, 6.45) is 3.56. The van der Waals surface area contributed by atoms with Gasteiger partial charge in [-0.2, -0.15) is 5.10 Å². The lowest BCUT2D eigenvalue weighted by Gasteiger charge is -2.27. The maximum Gasteiger partial charge on any atom is 0.287 e. The normalized spacial score (nSPS) is 15.3. The third-order valence-corrected chi connectivity index (χ3v) is 3.83. The van der Waals surface area contributed by atoms with Gasteiger partial charge in [0.05, 0.1) is 5.69 Å². The zero-order valence-corrected chi connectivity index (χ0v) is 11.7. The minimum Gasteiger partial charge on any atom is -0.367 e. The summed E-state index contributed by atoms with van der Waals surface area (Å²) < 4.78 is 0. The molecule has 4 heteroatoms. The molecule has 0 saturated carbocycles. The van der Waals surface area contributed by atoms with Crippen LogP contribution in [0, 0.1) is 6.92 Å². The van der Waals surface area contributed by atoms with Gasteiger partial charge < -0.3 is 4.90 Å². The molecule has 1 aromatic heterocycles. The molecule has 0 spiro atoms. The van der Waals surface area contributed by atoms with Crippen molar-refractivity contribution < 1.29 is 0 Å². The molecule has 1 saturated heterocycles. The highest BCUT2D eigenvalue weighted by Crippen LogP contribution is 2.21. The van der Waals surface area contributed by atoms with Crippen LogP contribution in [0.3, 0.4) is 0 Å². The number of anilines is 1. The van der Waals surface area contributed by atoms with E-state index in [1.165, 1.54) is 12.0 Å². The number of nitrogens with one attached hydrogen (secondary N) is 1. The van der Waals surface area contributed by atoms with E-state index in [4.69, 9.17) is 0 Å². The van der Waals surface area contributed by atoms with Gasteiger partial charge in [0.2, 0.25) is 0 Å². The van der Waals surface area contributed by atoms with Crippen LogP contribution in [0.1, 0.15) is 24.8 Å². The van der Waals surface area contributed by atoms with Crippen LogP contribution in [-0.2, 0) is 0 Å². The fraction of sp³-hybridized carbons (Fsp3) is 0.375. The third-order valence-electron chi connectivity index (χ3n) is 3.83. The van der Waals surface area contributed by atoms with Gasteiger partial charge in [-0.05, 0) is 32.3 Å². The Morgan fingerprint density at radius 3 is 2.50 bits per heavy atom. The third kappa shape index (κ3) is 2.59. The van der Waals surface area contributed by atoms with Gasteiger partial charge in [0, 0.05) is 18.7 Å². The Bertz CT molecular complexity index is 640. The van der Waals surface area contributed by atoms with Crippen LogP contribution in [0.25, 0.3) is 11.3 Å². The molecule has 2 heterocycles. The molecule has 0 bridgehead atoms. The molecule has 1 N–H and O–H groups in total. The number of H-pyrrole nitrogens is 1. The molecule has 0 aliphatic carbocycles. The Morgan fingerprint density at radius 2 is 1.80 bits per heavy atom. The number of piperidine rings is 1. The zero-order valence-electron chi connectivity index (χ0n) is 11.7. The molecule has 1 aliphatic rings. The summed E-state index contributed by atoms with van der Waals surface area (Å²) in [4.78, 5) is 14.2. The Kier molecular flexibility index (Phi) is 3.54. The minimum absolute atomic E-state index is 0.0947. The van der Waals surface area contributed by atoms with Gasteiger partial charge in [-0.25, -0.2) is 5.10 Å². The first-order chi connectivity index (χ1) is 9.74. The quantitative estimate of drug-likeness (QED) is 0.912. The molecule has 0 atom stereocenters. The molecule has 2 aromatic rings. The summed E-state index contributed by atoms with van der Waals surface area (Å²) in [5.74, 6) is 0. The molecular formula is C16H19N3O. The van der Waals surface area contributed by atoms with Crippen molar-refractivity contribution in [3.63, 3.8) is 0 Å². The first-order valence-electron chi connectivity index (χ1n) is 7.16. The molecule has 0 unspecified atom stereocenters. The second kappa shape index (κ2) is 5.49. The maximum absolute atomic E-state index is 12.0. The van der Waals surface area contributed by atoms with Gasteiger partial charge >= 0.3 is 0 Å². The lowest BCUT2D eigenvalue weighted by molar-refractivity contribution is 0.575. The summed E-state index contributed by atoms with van der Waals surface area (Å²) in [6, 6.07) is 10.1. The number of hydrogen-bond acceptors (Lipinski definition) is 3. The minimum atomic E-state index is -0.0947. The Balaban J connectivity index is 1.97. The van der Waals surface area contributed by atoms with Crippen molar-refractivity contribution in [2.24, 2.45) is 0 Å². The van der Waals surface area contributed by atoms with Crippen molar-refractivity contribution in [3.05, 3.63) is 46.2 Å². The fourth-order valence-electron chi connectivity index (χ4n) is 2.64. The Hall–Kier alpha value is -2.10. The highest BCUT2D eigenvalue weighted by atomic mass is 16.1. The number of rotatable bonds is 2. The summed E-state index contributed by atoms with van der Waals surface area (Å²) in [7, 11) is 0. The first kappa shape index (κ1) is 12.9. The molecule has 1 aromatic carbocycles. The van der Waals surface area contributed by atoms with Crippen LogP contribution in [-0.4, -0.2) is 23.3 Å². The number of aryl methyl sites for hydroxylation is 1. The van der Waals surface area contributed by atoms with Crippen molar-refractivity contribution in [1.82, 2.24) is 10.2 Å². The fourth-order valence-corrected chi connectivity index (χ4v) is 2.64. The highest BCUT2D eigenvalue weighted by molar-refractivity contribution is 5.63. The van der Waals surface area contributed by atoms with Crippen molar-refractivity contribution >= 4 is 5.69 Å². The highest BCUT2D eigenvalue weighted by Gasteiger charge is 2.15. The monoisotopic (exact) mass is 269 g/mol. The Labute approximate surface area is 118 Å². The van der Waals surface area contributed by atoms with Gasteiger partial charge in [0.15, 0.2) is 0 Å². The maximum atomic E-state index is 12.0. The second-order valence-electron chi connectivity index (χ2n) is 5.38. The topological polar surface area (TPSA) is 49.0 Å². The summed E-state index contributed by atoms with van der Waals surface area (Å²) in [5, 5.41) is 6.80. The van der Waals surface area contributed by atoms with E-state index in [9.17, 15) is 4.79 Å². The first-order valence-corrected chi connectivity index (χ1v) is 7.16. The van der Waals surface area contributed by atoms with E-state index in [2.05, 4.69) is 34.2 Å². The van der Waals surface area contributed by atoms with E-state index in [1.807, 2.05) is 18.2 Å². The van der Waals surface area contributed by atoms with E-state index < -0.39 is 0 Å². The predicted octanol–water partition coefficient (Wildman–Crippen LogP) is 2.74. The Morgan fingerprint density at radius 1 is 1.10 bits per heavy atom. The molecule has 20 heavy (non-hydrogen) atoms. The van der Waals surface area contributed by atoms with Gasteiger partial charge in [-0.3, -0.25) is 4.79 Å². The van der Waals surface area contributed by atoms with Crippen molar-refractivity contribution in [1.29, 1.82) is 0 Å². The van der Waals surface area contributed by atoms with Gasteiger partial charge in [0.25, 0.3) is 5.56 Å². The van der Waals surface area contributed by atoms with E-state index in [0.29, 0.717) is 0 Å². The van der Waals surface area contributed by atoms with Gasteiger partial charge in [-0.15, -0.1) is 0 Å². The van der Waals surface area contributed by atoms with Gasteiger partial charge in [0.1, 0.15) is 5.69 Å². The van der Waals surface area contributed by atoms with Crippen molar-refractivity contribution in [2.75, 3.05) is 18.0 Å². The molecular weight excluding hydrogens is 250 g/mol. The smallest absolute Gasteiger partial charge is 0.287 e. The molecule has 4 nitrogen and oxygen atoms in total. The number of benzene rings is 1. The lowest BCUT2D eigenvalue weighted by atomic mass is 10.1. The average Bonchev–Trinajstić information content (AvgIpc) is 2.50. The second-order valence-corrected chi connectivity index (χ2v) is 5.38. The molecule has 3 rings (SSSR count). The zero-order chi connectivity index (χ0) is 13.9. The van der Waals surface area contributed by atoms with Gasteiger partial charge in [-0.1, -0.05) is 29.8 Å². The largest absolute Gasteiger partial charge is 0.367 e. The lowest BCUT2D eigenvalue weighted by Crippen LogP contribution is -2.34. The molecule has 104 valence electrons. The van der Waals surface area contributed by atoms with Crippen molar-refractivity contribution in [3.8, 4) is 11.3 Å². The number of aromatic amines is 1. The standard InChI is InChI=1S/C16H19N3O/c1-12-5-7-13(8-6-12)14-11-15(16(20)18-17-14)19-9-3-2-4-10-19/h5-8,11H,2-4,9-10H2,1H3,(H,18,20). The van der Waals surface area contributed by atoms with Crippen LogP contribution in [0.15, 0.2) is 35.1 Å². The van der Waals surface area contributed by atoms with Crippen LogP contribution >= 0.6 is 0 Å². The predicted molar refractivity (Wildman–Crippen MR) is 81.1 cm³/mol. The number of hydrogen-bond donors (Lipinski definition) is 1. The van der Waals surface area contributed by atoms with E-state index in [-0.39, 0.29) is 5.56 Å². The SMILES string of the molecule is Cc1ccc(-c2cc(N3CCCCC3)c(=O)[nH]n2)cc1. The summed E-state index contributed by atoms with van der Waals surface area (Å²) in [6.45, 7) is 3.98. The van der Waals surface area contributed by atoms with E-state index >= 15 is 0 Å². The summed E-state index contributed by atoms with van der Waals surface area (Å²) >= 11 is 0. The molecule has 0 amide bonds. The average molecular weight is 269 g/mol. The van der Waals surface area contributed by atoms with Crippen LogP contribution in [0.4, 0.5) is 5.69 Å². The van der Waals surface area contributed by atoms with Crippen molar-refractivity contribution in [2.45, 2.75) is 26.2 Å². The number of aromatic nitrogens is 2. The van der Waals surface area contributed by atoms with Crippen LogP contribution in [0.5, 0.6) is 0 Å². The van der Waals surface area contributed by atoms with Crippen LogP contribution < -0.4 is 10.5 Å². The summed E-state index contributed by atoms with van der Waals surface area (Å²) in [5.41, 5.74) is 3.72. The number of nitrogens with zero attached hydrogens (tertiary/aromatic N) is 2. The molecule has 0 radical (unpaired) electrons. The van der Waals surface area contributed by atoms with E-state index in [1.54, 1.807) is 0 Å². The molecule has 1 aliphatic heterocycles. The van der Waals surface area contributed by atoms with Crippen LogP contribution in [0.2, 0.25) is 0 Å². The molecule has 1 fully saturated rings. The van der Waals surface area contributed by atoms with E-state index in [0.717, 1.165) is 42.9 Å².